The van der Waals surface area contributed by atoms with Crippen LogP contribution in [0.2, 0.25) is 5.02 Å². The summed E-state index contributed by atoms with van der Waals surface area (Å²) in [5.41, 5.74) is 7.53. The highest BCUT2D eigenvalue weighted by molar-refractivity contribution is 6.35. The van der Waals surface area contributed by atoms with Gasteiger partial charge in [0.15, 0.2) is 5.82 Å². The van der Waals surface area contributed by atoms with Crippen molar-refractivity contribution in [1.82, 2.24) is 9.97 Å². The first kappa shape index (κ1) is 12.6. The summed E-state index contributed by atoms with van der Waals surface area (Å²) in [5, 5.41) is 3.41. The average molecular weight is 265 g/mol. The number of rotatable bonds is 4. The molecule has 0 fully saturated rings. The minimum absolute atomic E-state index is 0.252. The molecule has 0 unspecified atom stereocenters. The number of nitrogens with one attached hydrogen (secondary N) is 1. The van der Waals surface area contributed by atoms with E-state index in [2.05, 4.69) is 15.3 Å². The van der Waals surface area contributed by atoms with E-state index in [1.807, 2.05) is 24.3 Å². The monoisotopic (exact) mass is 264 g/mol. The molecule has 0 aliphatic heterocycles. The molecule has 2 rings (SSSR count). The lowest BCUT2D eigenvalue weighted by molar-refractivity contribution is 0.185. The Morgan fingerprint density at radius 2 is 2.22 bits per heavy atom. The number of hydrogen-bond acceptors (Lipinski definition) is 5. The van der Waals surface area contributed by atoms with Gasteiger partial charge < -0.3 is 15.8 Å². The molecule has 6 heteroatoms. The zero-order valence-electron chi connectivity index (χ0n) is 9.85. The van der Waals surface area contributed by atoms with E-state index in [0.717, 1.165) is 11.3 Å². The third kappa shape index (κ3) is 2.88. The lowest BCUT2D eigenvalue weighted by atomic mass is 10.2. The molecule has 0 saturated heterocycles. The highest BCUT2D eigenvalue weighted by Gasteiger charge is 2.06. The van der Waals surface area contributed by atoms with E-state index in [0.29, 0.717) is 17.4 Å². The summed E-state index contributed by atoms with van der Waals surface area (Å²) in [7, 11) is 1.65. The summed E-state index contributed by atoms with van der Waals surface area (Å²) >= 11 is 6.01. The number of halogens is 1. The molecule has 5 nitrogen and oxygen atoms in total. The van der Waals surface area contributed by atoms with Crippen LogP contribution in [0, 0.1) is 0 Å². The topological polar surface area (TPSA) is 73.1 Å². The Hall–Kier alpha value is -1.85. The van der Waals surface area contributed by atoms with Gasteiger partial charge in [0.05, 0.1) is 6.61 Å². The SMILES string of the molecule is COCc1cccc(Nc2ncnc(N)c2Cl)c1. The van der Waals surface area contributed by atoms with E-state index < -0.39 is 0 Å². The minimum atomic E-state index is 0.252. The van der Waals surface area contributed by atoms with Crippen molar-refractivity contribution in [3.8, 4) is 0 Å². The molecule has 0 radical (unpaired) electrons. The van der Waals surface area contributed by atoms with Crippen LogP contribution in [0.3, 0.4) is 0 Å². The molecular formula is C12H13ClN4O. The Labute approximate surface area is 110 Å². The lowest BCUT2D eigenvalue weighted by Crippen LogP contribution is -2.00. The van der Waals surface area contributed by atoms with E-state index in [1.54, 1.807) is 7.11 Å². The van der Waals surface area contributed by atoms with E-state index in [9.17, 15) is 0 Å². The number of benzene rings is 1. The maximum Gasteiger partial charge on any atom is 0.154 e. The van der Waals surface area contributed by atoms with E-state index in [-0.39, 0.29) is 5.82 Å². The van der Waals surface area contributed by atoms with Crippen molar-refractivity contribution in [2.24, 2.45) is 0 Å². The smallest absolute Gasteiger partial charge is 0.154 e. The molecule has 1 heterocycles. The zero-order chi connectivity index (χ0) is 13.0. The van der Waals surface area contributed by atoms with Gasteiger partial charge in [-0.15, -0.1) is 0 Å². The Morgan fingerprint density at radius 1 is 1.39 bits per heavy atom. The van der Waals surface area contributed by atoms with Crippen LogP contribution in [0.25, 0.3) is 0 Å². The molecule has 0 amide bonds. The third-order valence-corrected chi connectivity index (χ3v) is 2.69. The number of nitrogens with zero attached hydrogens (tertiary/aromatic N) is 2. The average Bonchev–Trinajstić information content (AvgIpc) is 2.36. The van der Waals surface area contributed by atoms with Gasteiger partial charge in [-0.25, -0.2) is 9.97 Å². The number of anilines is 3. The Kier molecular flexibility index (Phi) is 3.96. The molecule has 0 aliphatic rings. The molecule has 0 spiro atoms. The van der Waals surface area contributed by atoms with Gasteiger partial charge in [0.1, 0.15) is 17.2 Å². The molecular weight excluding hydrogens is 252 g/mol. The number of nitrogens with two attached hydrogens (primary N) is 1. The van der Waals surface area contributed by atoms with Crippen LogP contribution in [-0.4, -0.2) is 17.1 Å². The fourth-order valence-electron chi connectivity index (χ4n) is 1.51. The molecule has 0 saturated carbocycles. The normalized spacial score (nSPS) is 10.3. The van der Waals surface area contributed by atoms with Crippen molar-refractivity contribution in [2.75, 3.05) is 18.2 Å². The van der Waals surface area contributed by atoms with Crippen LogP contribution in [0.15, 0.2) is 30.6 Å². The van der Waals surface area contributed by atoms with Crippen LogP contribution < -0.4 is 11.1 Å². The molecule has 0 atom stereocenters. The summed E-state index contributed by atoms with van der Waals surface area (Å²) < 4.78 is 5.08. The van der Waals surface area contributed by atoms with E-state index >= 15 is 0 Å². The van der Waals surface area contributed by atoms with Crippen LogP contribution in [0.1, 0.15) is 5.56 Å². The lowest BCUT2D eigenvalue weighted by Gasteiger charge is -2.09. The molecule has 1 aromatic heterocycles. The van der Waals surface area contributed by atoms with Crippen molar-refractivity contribution >= 4 is 28.9 Å². The Bertz CT molecular complexity index is 547. The van der Waals surface area contributed by atoms with Gasteiger partial charge in [0.25, 0.3) is 0 Å². The first-order valence-electron chi connectivity index (χ1n) is 5.31. The predicted molar refractivity (Wildman–Crippen MR) is 71.9 cm³/mol. The zero-order valence-corrected chi connectivity index (χ0v) is 10.6. The molecule has 0 bridgehead atoms. The molecule has 1 aromatic carbocycles. The van der Waals surface area contributed by atoms with Gasteiger partial charge in [0, 0.05) is 12.8 Å². The molecule has 0 aliphatic carbocycles. The molecule has 3 N–H and O–H groups in total. The predicted octanol–water partition coefficient (Wildman–Crippen LogP) is 2.60. The van der Waals surface area contributed by atoms with Crippen molar-refractivity contribution in [2.45, 2.75) is 6.61 Å². The maximum absolute atomic E-state index is 6.01. The molecule has 94 valence electrons. The van der Waals surface area contributed by atoms with Crippen LogP contribution >= 0.6 is 11.6 Å². The summed E-state index contributed by atoms with van der Waals surface area (Å²) in [4.78, 5) is 7.85. The van der Waals surface area contributed by atoms with Crippen LogP contribution in [-0.2, 0) is 11.3 Å². The number of nitrogen functional groups attached to an aromatic ring is 1. The Morgan fingerprint density at radius 3 is 3.00 bits per heavy atom. The van der Waals surface area contributed by atoms with Gasteiger partial charge >= 0.3 is 0 Å². The number of hydrogen-bond donors (Lipinski definition) is 2. The minimum Gasteiger partial charge on any atom is -0.382 e. The Balaban J connectivity index is 2.23. The second-order valence-corrected chi connectivity index (χ2v) is 4.06. The maximum atomic E-state index is 6.01. The van der Waals surface area contributed by atoms with Gasteiger partial charge in [0.2, 0.25) is 0 Å². The quantitative estimate of drug-likeness (QED) is 0.888. The second kappa shape index (κ2) is 5.66. The summed E-state index contributed by atoms with van der Waals surface area (Å²) in [6, 6.07) is 7.77. The van der Waals surface area contributed by atoms with Gasteiger partial charge in [-0.2, -0.15) is 0 Å². The largest absolute Gasteiger partial charge is 0.382 e. The third-order valence-electron chi connectivity index (χ3n) is 2.32. The second-order valence-electron chi connectivity index (χ2n) is 3.68. The first-order valence-corrected chi connectivity index (χ1v) is 5.69. The van der Waals surface area contributed by atoms with Gasteiger partial charge in [-0.1, -0.05) is 23.7 Å². The van der Waals surface area contributed by atoms with Crippen molar-refractivity contribution < 1.29 is 4.74 Å². The number of aromatic nitrogens is 2. The van der Waals surface area contributed by atoms with Crippen molar-refractivity contribution in [3.63, 3.8) is 0 Å². The van der Waals surface area contributed by atoms with Crippen molar-refractivity contribution in [1.29, 1.82) is 0 Å². The summed E-state index contributed by atoms with van der Waals surface area (Å²) in [5.74, 6) is 0.737. The highest BCUT2D eigenvalue weighted by Crippen LogP contribution is 2.26. The van der Waals surface area contributed by atoms with Crippen LogP contribution in [0.4, 0.5) is 17.3 Å². The van der Waals surface area contributed by atoms with E-state index in [4.69, 9.17) is 22.1 Å². The fraction of sp³-hybridized carbons (Fsp3) is 0.167. The van der Waals surface area contributed by atoms with Crippen LogP contribution in [0.5, 0.6) is 0 Å². The highest BCUT2D eigenvalue weighted by atomic mass is 35.5. The number of ether oxygens (including phenoxy) is 1. The van der Waals surface area contributed by atoms with Crippen molar-refractivity contribution in [3.05, 3.63) is 41.2 Å². The molecule has 2 aromatic rings. The fourth-order valence-corrected chi connectivity index (χ4v) is 1.66. The molecule has 18 heavy (non-hydrogen) atoms. The van der Waals surface area contributed by atoms with Gasteiger partial charge in [-0.3, -0.25) is 0 Å². The number of methoxy groups -OCH3 is 1. The standard InChI is InChI=1S/C12H13ClN4O/c1-18-6-8-3-2-4-9(5-8)17-12-10(13)11(14)15-7-16-12/h2-5,7H,6H2,1H3,(H3,14,15,16,17). The van der Waals surface area contributed by atoms with E-state index in [1.165, 1.54) is 6.33 Å². The summed E-state index contributed by atoms with van der Waals surface area (Å²) in [6.45, 7) is 0.551. The van der Waals surface area contributed by atoms with Gasteiger partial charge in [-0.05, 0) is 17.7 Å². The first-order chi connectivity index (χ1) is 8.70. The summed E-state index contributed by atoms with van der Waals surface area (Å²) in [6.07, 6.45) is 1.36.